The van der Waals surface area contributed by atoms with Crippen LogP contribution in [0, 0.1) is 5.82 Å². The molecule has 1 aliphatic carbocycles. The van der Waals surface area contributed by atoms with Crippen molar-refractivity contribution in [3.8, 4) is 5.75 Å². The molecule has 1 heterocycles. The van der Waals surface area contributed by atoms with Gasteiger partial charge in [-0.1, -0.05) is 12.1 Å². The molecule has 3 nitrogen and oxygen atoms in total. The summed E-state index contributed by atoms with van der Waals surface area (Å²) >= 11 is 0. The monoisotopic (exact) mass is 261 g/mol. The zero-order valence-corrected chi connectivity index (χ0v) is 10.6. The van der Waals surface area contributed by atoms with Crippen molar-refractivity contribution in [1.29, 1.82) is 0 Å². The molecule has 1 saturated carbocycles. The standard InChI is InChI=1S/C15H16FNO2/c16-13-3-1-2-4-14(13)19-10-15-11(7-8-18-15)9-17-12-5-6-12/h1-4,7-8,12,17H,5-6,9-10H2. The first-order valence-electron chi connectivity index (χ1n) is 6.49. The van der Waals surface area contributed by atoms with Gasteiger partial charge in [-0.15, -0.1) is 0 Å². The zero-order valence-electron chi connectivity index (χ0n) is 10.6. The minimum atomic E-state index is -0.355. The zero-order chi connectivity index (χ0) is 13.1. The van der Waals surface area contributed by atoms with Crippen molar-refractivity contribution in [2.24, 2.45) is 0 Å². The predicted octanol–water partition coefficient (Wildman–Crippen LogP) is 3.25. The minimum absolute atomic E-state index is 0.246. The van der Waals surface area contributed by atoms with E-state index in [-0.39, 0.29) is 18.2 Å². The molecule has 100 valence electrons. The highest BCUT2D eigenvalue weighted by atomic mass is 19.1. The van der Waals surface area contributed by atoms with Crippen molar-refractivity contribution < 1.29 is 13.5 Å². The predicted molar refractivity (Wildman–Crippen MR) is 69.3 cm³/mol. The molecule has 1 aliphatic rings. The first kappa shape index (κ1) is 12.2. The topological polar surface area (TPSA) is 34.4 Å². The van der Waals surface area contributed by atoms with Crippen LogP contribution in [0.25, 0.3) is 0 Å². The van der Waals surface area contributed by atoms with Gasteiger partial charge < -0.3 is 14.5 Å². The number of ether oxygens (including phenoxy) is 1. The maximum absolute atomic E-state index is 13.4. The summed E-state index contributed by atoms with van der Waals surface area (Å²) in [5, 5.41) is 3.42. The van der Waals surface area contributed by atoms with Gasteiger partial charge in [-0.3, -0.25) is 0 Å². The summed E-state index contributed by atoms with van der Waals surface area (Å²) in [5.41, 5.74) is 1.07. The van der Waals surface area contributed by atoms with Gasteiger partial charge in [0.1, 0.15) is 12.4 Å². The maximum Gasteiger partial charge on any atom is 0.165 e. The molecule has 4 heteroatoms. The smallest absolute Gasteiger partial charge is 0.165 e. The van der Waals surface area contributed by atoms with Gasteiger partial charge in [-0.2, -0.15) is 0 Å². The molecule has 0 saturated heterocycles. The van der Waals surface area contributed by atoms with Crippen LogP contribution in [-0.2, 0) is 13.2 Å². The van der Waals surface area contributed by atoms with Crippen LogP contribution in [0.5, 0.6) is 5.75 Å². The Morgan fingerprint density at radius 1 is 1.26 bits per heavy atom. The van der Waals surface area contributed by atoms with Crippen LogP contribution in [0.1, 0.15) is 24.2 Å². The third-order valence-corrected chi connectivity index (χ3v) is 3.19. The van der Waals surface area contributed by atoms with Crippen molar-refractivity contribution in [2.45, 2.75) is 32.0 Å². The van der Waals surface area contributed by atoms with Gasteiger partial charge in [-0.25, -0.2) is 4.39 Å². The first-order chi connectivity index (χ1) is 9.33. The summed E-state index contributed by atoms with van der Waals surface area (Å²) in [7, 11) is 0. The Balaban J connectivity index is 1.60. The van der Waals surface area contributed by atoms with Crippen LogP contribution in [-0.4, -0.2) is 6.04 Å². The number of hydrogen-bond acceptors (Lipinski definition) is 3. The summed E-state index contributed by atoms with van der Waals surface area (Å²) in [6.07, 6.45) is 4.14. The van der Waals surface area contributed by atoms with E-state index >= 15 is 0 Å². The molecule has 0 aliphatic heterocycles. The summed E-state index contributed by atoms with van der Waals surface area (Å²) in [4.78, 5) is 0. The third-order valence-electron chi connectivity index (χ3n) is 3.19. The molecular weight excluding hydrogens is 245 g/mol. The fourth-order valence-corrected chi connectivity index (χ4v) is 1.90. The van der Waals surface area contributed by atoms with Gasteiger partial charge in [-0.05, 0) is 31.0 Å². The van der Waals surface area contributed by atoms with Crippen LogP contribution >= 0.6 is 0 Å². The second-order valence-corrected chi connectivity index (χ2v) is 4.74. The largest absolute Gasteiger partial charge is 0.483 e. The number of halogens is 1. The maximum atomic E-state index is 13.4. The van der Waals surface area contributed by atoms with E-state index in [1.54, 1.807) is 24.5 Å². The van der Waals surface area contributed by atoms with Gasteiger partial charge in [0.2, 0.25) is 0 Å². The molecule has 1 N–H and O–H groups in total. The molecule has 0 radical (unpaired) electrons. The van der Waals surface area contributed by atoms with Gasteiger partial charge in [0.15, 0.2) is 11.6 Å². The Morgan fingerprint density at radius 2 is 2.11 bits per heavy atom. The lowest BCUT2D eigenvalue weighted by Gasteiger charge is -2.07. The lowest BCUT2D eigenvalue weighted by Crippen LogP contribution is -2.16. The van der Waals surface area contributed by atoms with E-state index in [1.807, 2.05) is 6.07 Å². The van der Waals surface area contributed by atoms with Crippen LogP contribution < -0.4 is 10.1 Å². The minimum Gasteiger partial charge on any atom is -0.483 e. The Bertz CT molecular complexity index is 549. The average Bonchev–Trinajstić information content (AvgIpc) is 3.14. The molecule has 1 aromatic carbocycles. The highest BCUT2D eigenvalue weighted by molar-refractivity contribution is 5.24. The molecule has 0 unspecified atom stereocenters. The number of nitrogens with one attached hydrogen (secondary N) is 1. The molecule has 1 aromatic heterocycles. The van der Waals surface area contributed by atoms with Crippen LogP contribution in [0.3, 0.4) is 0 Å². The van der Waals surface area contributed by atoms with Crippen molar-refractivity contribution >= 4 is 0 Å². The molecule has 3 rings (SSSR count). The van der Waals surface area contributed by atoms with Crippen LogP contribution in [0.15, 0.2) is 41.0 Å². The summed E-state index contributed by atoms with van der Waals surface area (Å²) in [6, 6.07) is 8.95. The lowest BCUT2D eigenvalue weighted by atomic mass is 10.2. The molecule has 0 spiro atoms. The number of hydrogen-bond donors (Lipinski definition) is 1. The van der Waals surface area contributed by atoms with E-state index in [1.165, 1.54) is 18.9 Å². The SMILES string of the molecule is Fc1ccccc1OCc1occc1CNC1CC1. The lowest BCUT2D eigenvalue weighted by molar-refractivity contribution is 0.256. The van der Waals surface area contributed by atoms with E-state index in [4.69, 9.17) is 9.15 Å². The summed E-state index contributed by atoms with van der Waals surface area (Å²) in [6.45, 7) is 1.02. The quantitative estimate of drug-likeness (QED) is 0.866. The van der Waals surface area contributed by atoms with Crippen molar-refractivity contribution in [3.05, 3.63) is 53.7 Å². The Labute approximate surface area is 111 Å². The molecule has 0 atom stereocenters. The van der Waals surface area contributed by atoms with Crippen molar-refractivity contribution in [1.82, 2.24) is 5.32 Å². The highest BCUT2D eigenvalue weighted by Crippen LogP contribution is 2.22. The van der Waals surface area contributed by atoms with E-state index in [0.717, 1.165) is 17.9 Å². The fraction of sp³-hybridized carbons (Fsp3) is 0.333. The Morgan fingerprint density at radius 3 is 2.89 bits per heavy atom. The van der Waals surface area contributed by atoms with E-state index < -0.39 is 0 Å². The van der Waals surface area contributed by atoms with Crippen molar-refractivity contribution in [2.75, 3.05) is 0 Å². The highest BCUT2D eigenvalue weighted by Gasteiger charge is 2.21. The normalized spacial score (nSPS) is 14.6. The van der Waals surface area contributed by atoms with Gasteiger partial charge in [0.25, 0.3) is 0 Å². The number of para-hydroxylation sites is 1. The summed E-state index contributed by atoms with van der Waals surface area (Å²) in [5.74, 6) is 0.642. The molecule has 19 heavy (non-hydrogen) atoms. The molecule has 0 amide bonds. The van der Waals surface area contributed by atoms with Crippen LogP contribution in [0.4, 0.5) is 4.39 Å². The summed E-state index contributed by atoms with van der Waals surface area (Å²) < 4.78 is 24.3. The van der Waals surface area contributed by atoms with Crippen molar-refractivity contribution in [3.63, 3.8) is 0 Å². The van der Waals surface area contributed by atoms with E-state index in [0.29, 0.717) is 6.04 Å². The second-order valence-electron chi connectivity index (χ2n) is 4.74. The first-order valence-corrected chi connectivity index (χ1v) is 6.49. The van der Waals surface area contributed by atoms with E-state index in [2.05, 4.69) is 5.32 Å². The van der Waals surface area contributed by atoms with Gasteiger partial charge in [0, 0.05) is 18.2 Å². The van der Waals surface area contributed by atoms with E-state index in [9.17, 15) is 4.39 Å². The molecule has 2 aromatic rings. The van der Waals surface area contributed by atoms with Gasteiger partial charge >= 0.3 is 0 Å². The average molecular weight is 261 g/mol. The Hall–Kier alpha value is -1.81. The molecule has 1 fully saturated rings. The Kier molecular flexibility index (Phi) is 3.51. The van der Waals surface area contributed by atoms with Crippen LogP contribution in [0.2, 0.25) is 0 Å². The van der Waals surface area contributed by atoms with Gasteiger partial charge in [0.05, 0.1) is 6.26 Å². The third kappa shape index (κ3) is 3.15. The number of rotatable bonds is 6. The fourth-order valence-electron chi connectivity index (χ4n) is 1.90. The molecule has 0 bridgehead atoms. The number of furan rings is 1. The second kappa shape index (κ2) is 5.45. The molecular formula is C15H16FNO2. The number of benzene rings is 1.